The minimum Gasteiger partial charge on any atom is -0.484 e. The number of likely N-dealkylation sites (tertiary alicyclic amines) is 1. The highest BCUT2D eigenvalue weighted by Crippen LogP contribution is 2.20. The van der Waals surface area contributed by atoms with Gasteiger partial charge in [0.2, 0.25) is 0 Å². The zero-order valence-corrected chi connectivity index (χ0v) is 15.9. The average molecular weight is 369 g/mol. The van der Waals surface area contributed by atoms with E-state index in [1.165, 1.54) is 6.42 Å². The number of benzene rings is 1. The molecule has 0 bridgehead atoms. The van der Waals surface area contributed by atoms with Crippen LogP contribution in [0.1, 0.15) is 44.9 Å². The summed E-state index contributed by atoms with van der Waals surface area (Å²) in [4.78, 5) is 31.9. The third kappa shape index (κ3) is 3.84. The predicted molar refractivity (Wildman–Crippen MR) is 104 cm³/mol. The van der Waals surface area contributed by atoms with Crippen LogP contribution in [0.2, 0.25) is 0 Å². The molecule has 1 amide bonds. The quantitative estimate of drug-likeness (QED) is 0.834. The number of fused-ring (bicyclic) bond motifs is 2. The van der Waals surface area contributed by atoms with Crippen LogP contribution in [0.5, 0.6) is 5.75 Å². The number of amides is 1. The molecule has 2 aliphatic heterocycles. The van der Waals surface area contributed by atoms with Crippen molar-refractivity contribution in [3.63, 3.8) is 0 Å². The number of piperidine rings is 1. The average Bonchev–Trinajstić information content (AvgIpc) is 2.92. The largest absolute Gasteiger partial charge is 0.484 e. The molecule has 2 aromatic rings. The van der Waals surface area contributed by atoms with Crippen LogP contribution in [0.25, 0.3) is 10.9 Å². The number of ether oxygens (including phenoxy) is 1. The van der Waals surface area contributed by atoms with E-state index < -0.39 is 0 Å². The number of carbonyl (C=O) groups is 1. The third-order valence-electron chi connectivity index (χ3n) is 5.66. The molecule has 1 atom stereocenters. The normalized spacial score (nSPS) is 20.2. The number of aryl methyl sites for hydroxylation is 1. The van der Waals surface area contributed by atoms with E-state index in [1.54, 1.807) is 16.7 Å². The van der Waals surface area contributed by atoms with E-state index in [2.05, 4.69) is 11.9 Å². The lowest BCUT2D eigenvalue weighted by atomic mass is 10.0. The summed E-state index contributed by atoms with van der Waals surface area (Å²) in [6.07, 6.45) is 6.30. The van der Waals surface area contributed by atoms with Crippen molar-refractivity contribution in [2.75, 3.05) is 19.7 Å². The first-order valence-electron chi connectivity index (χ1n) is 10.1. The van der Waals surface area contributed by atoms with Crippen molar-refractivity contribution in [3.8, 4) is 5.75 Å². The summed E-state index contributed by atoms with van der Waals surface area (Å²) in [5, 5.41) is 0.567. The van der Waals surface area contributed by atoms with E-state index >= 15 is 0 Å². The monoisotopic (exact) mass is 369 g/mol. The fraction of sp³-hybridized carbons (Fsp3) is 0.571. The Morgan fingerprint density at radius 1 is 1.22 bits per heavy atom. The van der Waals surface area contributed by atoms with Gasteiger partial charge in [-0.3, -0.25) is 14.2 Å². The molecule has 0 saturated carbocycles. The molecule has 1 aromatic carbocycles. The van der Waals surface area contributed by atoms with E-state index in [0.29, 0.717) is 22.6 Å². The van der Waals surface area contributed by atoms with E-state index in [0.717, 1.165) is 57.6 Å². The van der Waals surface area contributed by atoms with Gasteiger partial charge in [0.25, 0.3) is 11.5 Å². The van der Waals surface area contributed by atoms with Gasteiger partial charge in [-0.25, -0.2) is 4.98 Å². The summed E-state index contributed by atoms with van der Waals surface area (Å²) < 4.78 is 7.53. The van der Waals surface area contributed by atoms with Crippen molar-refractivity contribution in [2.24, 2.45) is 5.92 Å². The van der Waals surface area contributed by atoms with Gasteiger partial charge in [0.15, 0.2) is 6.61 Å². The molecule has 0 N–H and O–H groups in total. The van der Waals surface area contributed by atoms with E-state index in [4.69, 9.17) is 4.74 Å². The first-order valence-corrected chi connectivity index (χ1v) is 10.1. The Hall–Kier alpha value is -2.37. The van der Waals surface area contributed by atoms with Crippen molar-refractivity contribution in [2.45, 2.75) is 52.0 Å². The zero-order chi connectivity index (χ0) is 18.8. The van der Waals surface area contributed by atoms with Crippen molar-refractivity contribution in [1.82, 2.24) is 14.5 Å². The second kappa shape index (κ2) is 7.71. The fourth-order valence-corrected chi connectivity index (χ4v) is 4.14. The Labute approximate surface area is 159 Å². The molecular weight excluding hydrogens is 342 g/mol. The van der Waals surface area contributed by atoms with Crippen molar-refractivity contribution >= 4 is 16.8 Å². The summed E-state index contributed by atoms with van der Waals surface area (Å²) in [5.74, 6) is 1.99. The van der Waals surface area contributed by atoms with Crippen LogP contribution < -0.4 is 10.3 Å². The number of hydrogen-bond donors (Lipinski definition) is 0. The summed E-state index contributed by atoms with van der Waals surface area (Å²) in [5.41, 5.74) is 0.704. The van der Waals surface area contributed by atoms with Crippen LogP contribution in [0.4, 0.5) is 0 Å². The summed E-state index contributed by atoms with van der Waals surface area (Å²) in [6.45, 7) is 4.53. The number of carbonyl (C=O) groups excluding carboxylic acids is 1. The predicted octanol–water partition coefficient (Wildman–Crippen LogP) is 2.76. The van der Waals surface area contributed by atoms with Crippen LogP contribution in [0.15, 0.2) is 23.0 Å². The lowest BCUT2D eigenvalue weighted by Crippen LogP contribution is -2.41. The molecule has 0 radical (unpaired) electrons. The molecule has 2 aliphatic rings. The molecule has 4 rings (SSSR count). The Bertz CT molecular complexity index is 905. The first-order chi connectivity index (χ1) is 13.1. The van der Waals surface area contributed by atoms with Gasteiger partial charge in [0.1, 0.15) is 11.6 Å². The van der Waals surface area contributed by atoms with Gasteiger partial charge in [-0.15, -0.1) is 0 Å². The molecule has 6 heteroatoms. The maximum absolute atomic E-state index is 12.9. The lowest BCUT2D eigenvalue weighted by molar-refractivity contribution is -0.135. The Morgan fingerprint density at radius 3 is 2.96 bits per heavy atom. The van der Waals surface area contributed by atoms with Crippen LogP contribution in [-0.2, 0) is 17.8 Å². The standard InChI is InChI=1S/C21H27N3O3/c1-15-6-5-10-23(13-15)20(25)14-27-16-8-9-18-17(12-16)21(26)24-11-4-2-3-7-19(24)22-18/h8-9,12,15H,2-7,10-11,13-14H2,1H3. The second-order valence-electron chi connectivity index (χ2n) is 7.85. The van der Waals surface area contributed by atoms with Crippen LogP contribution in [0.3, 0.4) is 0 Å². The number of hydrogen-bond acceptors (Lipinski definition) is 4. The molecule has 0 spiro atoms. The van der Waals surface area contributed by atoms with Crippen LogP contribution in [-0.4, -0.2) is 40.1 Å². The number of nitrogens with zero attached hydrogens (tertiary/aromatic N) is 3. The molecule has 3 heterocycles. The smallest absolute Gasteiger partial charge is 0.261 e. The molecule has 144 valence electrons. The SMILES string of the molecule is CC1CCCN(C(=O)COc2ccc3nc4n(c(=O)c3c2)CCCCC4)C1. The summed E-state index contributed by atoms with van der Waals surface area (Å²) in [7, 11) is 0. The minimum atomic E-state index is -0.00136. The van der Waals surface area contributed by atoms with Gasteiger partial charge in [0, 0.05) is 26.1 Å². The van der Waals surface area contributed by atoms with E-state index in [9.17, 15) is 9.59 Å². The highest BCUT2D eigenvalue weighted by molar-refractivity contribution is 5.80. The first kappa shape index (κ1) is 18.0. The molecule has 0 aliphatic carbocycles. The van der Waals surface area contributed by atoms with Gasteiger partial charge >= 0.3 is 0 Å². The molecule has 1 saturated heterocycles. The molecule has 27 heavy (non-hydrogen) atoms. The summed E-state index contributed by atoms with van der Waals surface area (Å²) >= 11 is 0. The van der Waals surface area contributed by atoms with Gasteiger partial charge in [-0.1, -0.05) is 13.3 Å². The van der Waals surface area contributed by atoms with E-state index in [-0.39, 0.29) is 18.1 Å². The highest BCUT2D eigenvalue weighted by Gasteiger charge is 2.21. The molecular formula is C21H27N3O3. The lowest BCUT2D eigenvalue weighted by Gasteiger charge is -2.30. The van der Waals surface area contributed by atoms with Gasteiger partial charge in [0.05, 0.1) is 10.9 Å². The van der Waals surface area contributed by atoms with Crippen molar-refractivity contribution in [1.29, 1.82) is 0 Å². The van der Waals surface area contributed by atoms with Gasteiger partial charge in [-0.2, -0.15) is 0 Å². The van der Waals surface area contributed by atoms with Gasteiger partial charge in [-0.05, 0) is 49.8 Å². The zero-order valence-electron chi connectivity index (χ0n) is 15.9. The van der Waals surface area contributed by atoms with Crippen molar-refractivity contribution < 1.29 is 9.53 Å². The van der Waals surface area contributed by atoms with Crippen LogP contribution >= 0.6 is 0 Å². The molecule has 1 fully saturated rings. The Kier molecular flexibility index (Phi) is 5.14. The van der Waals surface area contributed by atoms with E-state index in [1.807, 2.05) is 11.0 Å². The molecule has 6 nitrogen and oxygen atoms in total. The minimum absolute atomic E-state index is 0.00136. The fourth-order valence-electron chi connectivity index (χ4n) is 4.14. The second-order valence-corrected chi connectivity index (χ2v) is 7.85. The number of aromatic nitrogens is 2. The molecule has 1 aromatic heterocycles. The summed E-state index contributed by atoms with van der Waals surface area (Å²) in [6, 6.07) is 5.36. The molecule has 1 unspecified atom stereocenters. The highest BCUT2D eigenvalue weighted by atomic mass is 16.5. The maximum Gasteiger partial charge on any atom is 0.261 e. The maximum atomic E-state index is 12.9. The van der Waals surface area contributed by atoms with Crippen LogP contribution in [0, 0.1) is 5.92 Å². The number of rotatable bonds is 3. The van der Waals surface area contributed by atoms with Gasteiger partial charge < -0.3 is 9.64 Å². The Balaban J connectivity index is 1.52. The third-order valence-corrected chi connectivity index (χ3v) is 5.66. The topological polar surface area (TPSA) is 64.4 Å². The Morgan fingerprint density at radius 2 is 2.11 bits per heavy atom. The van der Waals surface area contributed by atoms with Crippen molar-refractivity contribution in [3.05, 3.63) is 34.4 Å².